The summed E-state index contributed by atoms with van der Waals surface area (Å²) in [6.07, 6.45) is 0.859. The molecule has 0 saturated heterocycles. The molecule has 0 fully saturated rings. The van der Waals surface area contributed by atoms with Gasteiger partial charge in [-0.25, -0.2) is 4.98 Å². The molecule has 1 unspecified atom stereocenters. The van der Waals surface area contributed by atoms with Crippen molar-refractivity contribution in [3.8, 4) is 0 Å². The Morgan fingerprint density at radius 3 is 3.06 bits per heavy atom. The molecule has 0 spiro atoms. The summed E-state index contributed by atoms with van der Waals surface area (Å²) in [6.45, 7) is 0.165. The van der Waals surface area contributed by atoms with Gasteiger partial charge < -0.3 is 10.4 Å². The second-order valence-electron chi connectivity index (χ2n) is 3.62. The van der Waals surface area contributed by atoms with Gasteiger partial charge in [-0.15, -0.1) is 0 Å². The fourth-order valence-corrected chi connectivity index (χ4v) is 2.55. The van der Waals surface area contributed by atoms with E-state index in [1.807, 2.05) is 16.8 Å². The number of hydrogen-bond acceptors (Lipinski definition) is 4. The number of aliphatic hydroxyl groups excluding tert-OH is 1. The van der Waals surface area contributed by atoms with Gasteiger partial charge in [0.1, 0.15) is 5.69 Å². The molecule has 2 aromatic rings. The van der Waals surface area contributed by atoms with Crippen LogP contribution in [0.25, 0.3) is 0 Å². The van der Waals surface area contributed by atoms with Gasteiger partial charge in [0, 0.05) is 17.2 Å². The molecule has 94 valence electrons. The van der Waals surface area contributed by atoms with Gasteiger partial charge in [-0.05, 0) is 50.5 Å². The average Bonchev–Trinajstić information content (AvgIpc) is 2.90. The SMILES string of the molecule is O=C(NCC(O)c1ccsc1)c1ncccc1Br. The fourth-order valence-electron chi connectivity index (χ4n) is 1.41. The first kappa shape index (κ1) is 13.2. The number of rotatable bonds is 4. The van der Waals surface area contributed by atoms with Crippen LogP contribution in [0.4, 0.5) is 0 Å². The van der Waals surface area contributed by atoms with Gasteiger partial charge in [0.2, 0.25) is 0 Å². The van der Waals surface area contributed by atoms with Crippen molar-refractivity contribution in [2.45, 2.75) is 6.10 Å². The minimum absolute atomic E-state index is 0.165. The second-order valence-corrected chi connectivity index (χ2v) is 5.25. The summed E-state index contributed by atoms with van der Waals surface area (Å²) < 4.78 is 0.632. The zero-order chi connectivity index (χ0) is 13.0. The van der Waals surface area contributed by atoms with E-state index in [4.69, 9.17) is 0 Å². The first-order valence-electron chi connectivity index (χ1n) is 5.27. The number of aromatic nitrogens is 1. The lowest BCUT2D eigenvalue weighted by atomic mass is 10.2. The van der Waals surface area contributed by atoms with Crippen molar-refractivity contribution in [2.75, 3.05) is 6.54 Å². The molecule has 2 aromatic heterocycles. The standard InChI is InChI=1S/C12H11BrN2O2S/c13-9-2-1-4-14-11(9)12(17)15-6-10(16)8-3-5-18-7-8/h1-5,7,10,16H,6H2,(H,15,17). The van der Waals surface area contributed by atoms with Crippen LogP contribution >= 0.6 is 27.3 Å². The van der Waals surface area contributed by atoms with Gasteiger partial charge in [-0.2, -0.15) is 11.3 Å². The highest BCUT2D eigenvalue weighted by Gasteiger charge is 2.13. The van der Waals surface area contributed by atoms with Crippen molar-refractivity contribution >= 4 is 33.2 Å². The number of nitrogens with zero attached hydrogens (tertiary/aromatic N) is 1. The van der Waals surface area contributed by atoms with Crippen LogP contribution in [-0.2, 0) is 0 Å². The number of aliphatic hydroxyl groups is 1. The maximum Gasteiger partial charge on any atom is 0.271 e. The molecule has 0 bridgehead atoms. The van der Waals surface area contributed by atoms with Crippen molar-refractivity contribution in [1.29, 1.82) is 0 Å². The van der Waals surface area contributed by atoms with E-state index in [2.05, 4.69) is 26.2 Å². The van der Waals surface area contributed by atoms with E-state index < -0.39 is 6.10 Å². The number of hydrogen-bond donors (Lipinski definition) is 2. The van der Waals surface area contributed by atoms with Crippen molar-refractivity contribution in [3.05, 3.63) is 50.9 Å². The first-order valence-corrected chi connectivity index (χ1v) is 7.01. The largest absolute Gasteiger partial charge is 0.387 e. The van der Waals surface area contributed by atoms with Crippen molar-refractivity contribution in [3.63, 3.8) is 0 Å². The average molecular weight is 327 g/mol. The topological polar surface area (TPSA) is 62.2 Å². The molecule has 4 nitrogen and oxygen atoms in total. The number of carbonyl (C=O) groups excluding carboxylic acids is 1. The monoisotopic (exact) mass is 326 g/mol. The maximum atomic E-state index is 11.8. The highest BCUT2D eigenvalue weighted by molar-refractivity contribution is 9.10. The molecule has 18 heavy (non-hydrogen) atoms. The Bertz CT molecular complexity index is 531. The summed E-state index contributed by atoms with van der Waals surface area (Å²) in [5.41, 5.74) is 1.12. The third-order valence-corrected chi connectivity index (χ3v) is 3.70. The van der Waals surface area contributed by atoms with Crippen LogP contribution in [0.5, 0.6) is 0 Å². The van der Waals surface area contributed by atoms with Crippen LogP contribution in [0.2, 0.25) is 0 Å². The van der Waals surface area contributed by atoms with E-state index in [0.717, 1.165) is 5.56 Å². The highest BCUT2D eigenvalue weighted by Crippen LogP contribution is 2.16. The molecule has 0 aromatic carbocycles. The number of pyridine rings is 1. The number of thiophene rings is 1. The third kappa shape index (κ3) is 3.16. The quantitative estimate of drug-likeness (QED) is 0.906. The molecule has 2 rings (SSSR count). The normalized spacial score (nSPS) is 12.1. The summed E-state index contributed by atoms with van der Waals surface area (Å²) in [5, 5.41) is 16.2. The minimum Gasteiger partial charge on any atom is -0.387 e. The Hall–Kier alpha value is -1.24. The predicted molar refractivity (Wildman–Crippen MR) is 73.5 cm³/mol. The number of nitrogens with one attached hydrogen (secondary N) is 1. The Labute approximate surface area is 117 Å². The van der Waals surface area contributed by atoms with Gasteiger partial charge in [-0.1, -0.05) is 0 Å². The Morgan fingerprint density at radius 1 is 1.56 bits per heavy atom. The predicted octanol–water partition coefficient (Wildman–Crippen LogP) is 2.37. The fraction of sp³-hybridized carbons (Fsp3) is 0.167. The van der Waals surface area contributed by atoms with Crippen LogP contribution in [0.15, 0.2) is 39.6 Å². The van der Waals surface area contributed by atoms with Crippen molar-refractivity contribution in [2.24, 2.45) is 0 Å². The summed E-state index contributed by atoms with van der Waals surface area (Å²) in [4.78, 5) is 15.8. The van der Waals surface area contributed by atoms with E-state index in [-0.39, 0.29) is 12.5 Å². The lowest BCUT2D eigenvalue weighted by Gasteiger charge is -2.10. The molecule has 0 aliphatic heterocycles. The molecule has 6 heteroatoms. The maximum absolute atomic E-state index is 11.8. The Morgan fingerprint density at radius 2 is 2.39 bits per heavy atom. The minimum atomic E-state index is -0.692. The lowest BCUT2D eigenvalue weighted by Crippen LogP contribution is -2.29. The molecular weight excluding hydrogens is 316 g/mol. The van der Waals surface area contributed by atoms with Crippen LogP contribution in [0.3, 0.4) is 0 Å². The molecule has 0 aliphatic rings. The van der Waals surface area contributed by atoms with E-state index in [1.54, 1.807) is 18.3 Å². The van der Waals surface area contributed by atoms with Crippen LogP contribution < -0.4 is 5.32 Å². The smallest absolute Gasteiger partial charge is 0.271 e. The van der Waals surface area contributed by atoms with Gasteiger partial charge in [0.25, 0.3) is 5.91 Å². The summed E-state index contributed by atoms with van der Waals surface area (Å²) in [7, 11) is 0. The summed E-state index contributed by atoms with van der Waals surface area (Å²) in [6, 6.07) is 5.32. The highest BCUT2D eigenvalue weighted by atomic mass is 79.9. The van der Waals surface area contributed by atoms with Crippen molar-refractivity contribution in [1.82, 2.24) is 10.3 Å². The number of amides is 1. The Balaban J connectivity index is 1.95. The van der Waals surface area contributed by atoms with E-state index in [9.17, 15) is 9.90 Å². The zero-order valence-electron chi connectivity index (χ0n) is 9.34. The van der Waals surface area contributed by atoms with E-state index in [1.165, 1.54) is 11.3 Å². The second kappa shape index (κ2) is 6.08. The molecule has 1 atom stereocenters. The zero-order valence-corrected chi connectivity index (χ0v) is 11.7. The van der Waals surface area contributed by atoms with Crippen molar-refractivity contribution < 1.29 is 9.90 Å². The van der Waals surface area contributed by atoms with Gasteiger partial charge in [0.15, 0.2) is 0 Å². The van der Waals surface area contributed by atoms with Gasteiger partial charge in [-0.3, -0.25) is 4.79 Å². The number of halogens is 1. The summed E-state index contributed by atoms with van der Waals surface area (Å²) >= 11 is 4.77. The molecule has 2 heterocycles. The third-order valence-electron chi connectivity index (χ3n) is 2.36. The molecule has 1 amide bonds. The van der Waals surface area contributed by atoms with Gasteiger partial charge >= 0.3 is 0 Å². The molecule has 0 saturated carbocycles. The molecular formula is C12H11BrN2O2S. The van der Waals surface area contributed by atoms with Crippen LogP contribution in [0, 0.1) is 0 Å². The molecule has 0 radical (unpaired) electrons. The molecule has 2 N–H and O–H groups in total. The summed E-state index contributed by atoms with van der Waals surface area (Å²) in [5.74, 6) is -0.309. The lowest BCUT2D eigenvalue weighted by molar-refractivity contribution is 0.0911. The Kier molecular flexibility index (Phi) is 4.46. The van der Waals surface area contributed by atoms with Gasteiger partial charge in [0.05, 0.1) is 6.10 Å². The first-order chi connectivity index (χ1) is 8.68. The molecule has 0 aliphatic carbocycles. The van der Waals surface area contributed by atoms with E-state index in [0.29, 0.717) is 10.2 Å². The van der Waals surface area contributed by atoms with E-state index >= 15 is 0 Å². The van der Waals surface area contributed by atoms with Crippen LogP contribution in [0.1, 0.15) is 22.2 Å². The number of carbonyl (C=O) groups is 1. The van der Waals surface area contributed by atoms with Crippen LogP contribution in [-0.4, -0.2) is 22.5 Å².